The van der Waals surface area contributed by atoms with Crippen LogP contribution in [0.3, 0.4) is 0 Å². The van der Waals surface area contributed by atoms with Crippen molar-refractivity contribution in [2.75, 3.05) is 19.0 Å². The topological polar surface area (TPSA) is 60.7 Å². The first-order valence-electron chi connectivity index (χ1n) is 7.82. The molecular formula is C16H22N4O2. The fraction of sp³-hybridized carbons (Fsp3) is 0.625. The molecule has 2 saturated heterocycles. The van der Waals surface area contributed by atoms with Crippen molar-refractivity contribution >= 4 is 11.5 Å². The number of nitrogens with zero attached hydrogens (tertiary/aromatic N) is 3. The predicted octanol–water partition coefficient (Wildman–Crippen LogP) is 2.38. The lowest BCUT2D eigenvalue weighted by Gasteiger charge is -2.41. The van der Waals surface area contributed by atoms with Crippen LogP contribution < -0.4 is 10.1 Å². The molecule has 2 aliphatic heterocycles. The monoisotopic (exact) mass is 302 g/mol. The van der Waals surface area contributed by atoms with Gasteiger partial charge in [0.2, 0.25) is 5.65 Å². The summed E-state index contributed by atoms with van der Waals surface area (Å²) in [7, 11) is 1.85. The summed E-state index contributed by atoms with van der Waals surface area (Å²) in [5, 5.41) is 3.07. The molecule has 4 heterocycles. The lowest BCUT2D eigenvalue weighted by molar-refractivity contribution is 0.0154. The van der Waals surface area contributed by atoms with E-state index >= 15 is 0 Å². The van der Waals surface area contributed by atoms with E-state index in [2.05, 4.69) is 23.4 Å². The zero-order valence-corrected chi connectivity index (χ0v) is 13.5. The number of fused-ring (bicyclic) bond motifs is 2. The third kappa shape index (κ3) is 1.90. The van der Waals surface area contributed by atoms with Gasteiger partial charge in [-0.05, 0) is 33.6 Å². The van der Waals surface area contributed by atoms with Gasteiger partial charge in [-0.25, -0.2) is 4.98 Å². The smallest absolute Gasteiger partial charge is 0.260 e. The summed E-state index contributed by atoms with van der Waals surface area (Å²) >= 11 is 0. The van der Waals surface area contributed by atoms with Gasteiger partial charge < -0.3 is 14.8 Å². The molecule has 2 bridgehead atoms. The second kappa shape index (κ2) is 4.35. The molecule has 3 aliphatic rings. The number of imidazole rings is 1. The quantitative estimate of drug-likeness (QED) is 0.939. The highest BCUT2D eigenvalue weighted by atomic mass is 16.5. The minimum Gasteiger partial charge on any atom is -0.472 e. The van der Waals surface area contributed by atoms with Gasteiger partial charge in [0.1, 0.15) is 5.82 Å². The predicted molar refractivity (Wildman–Crippen MR) is 83.6 cm³/mol. The van der Waals surface area contributed by atoms with E-state index in [1.807, 2.05) is 31.5 Å². The molecule has 22 heavy (non-hydrogen) atoms. The molecule has 0 radical (unpaired) electrons. The lowest BCUT2D eigenvalue weighted by atomic mass is 9.62. The maximum absolute atomic E-state index is 5.90. The maximum atomic E-state index is 5.90. The highest BCUT2D eigenvalue weighted by molar-refractivity contribution is 5.55. The average molecular weight is 302 g/mol. The molecule has 1 aliphatic carbocycles. The average Bonchev–Trinajstić information content (AvgIpc) is 3.07. The van der Waals surface area contributed by atoms with E-state index in [-0.39, 0.29) is 17.1 Å². The van der Waals surface area contributed by atoms with Crippen molar-refractivity contribution in [2.45, 2.75) is 50.7 Å². The molecule has 0 atom stereocenters. The van der Waals surface area contributed by atoms with Crippen LogP contribution in [0.2, 0.25) is 0 Å². The van der Waals surface area contributed by atoms with Crippen LogP contribution in [0.5, 0.6) is 5.88 Å². The van der Waals surface area contributed by atoms with E-state index < -0.39 is 0 Å². The van der Waals surface area contributed by atoms with Gasteiger partial charge in [0, 0.05) is 18.7 Å². The Labute approximate surface area is 129 Å². The van der Waals surface area contributed by atoms with Crippen LogP contribution in [0.15, 0.2) is 12.4 Å². The Hall–Kier alpha value is -1.82. The van der Waals surface area contributed by atoms with Crippen molar-refractivity contribution in [1.29, 1.82) is 0 Å². The van der Waals surface area contributed by atoms with Crippen molar-refractivity contribution in [1.82, 2.24) is 14.4 Å². The van der Waals surface area contributed by atoms with Crippen LogP contribution >= 0.6 is 0 Å². The van der Waals surface area contributed by atoms with E-state index in [1.165, 1.54) is 0 Å². The van der Waals surface area contributed by atoms with Crippen molar-refractivity contribution < 1.29 is 9.47 Å². The number of aromatic nitrogens is 3. The minimum absolute atomic E-state index is 0.0570. The van der Waals surface area contributed by atoms with Crippen LogP contribution in [0.25, 0.3) is 5.65 Å². The van der Waals surface area contributed by atoms with Crippen LogP contribution in [-0.2, 0) is 10.2 Å². The molecule has 0 amide bonds. The van der Waals surface area contributed by atoms with Gasteiger partial charge in [-0.3, -0.25) is 4.40 Å². The molecule has 2 aromatic rings. The first kappa shape index (κ1) is 13.8. The first-order valence-corrected chi connectivity index (χ1v) is 7.82. The molecule has 6 nitrogen and oxygen atoms in total. The van der Waals surface area contributed by atoms with Gasteiger partial charge in [0.15, 0.2) is 0 Å². The van der Waals surface area contributed by atoms with Crippen LogP contribution in [0, 0.1) is 0 Å². The molecule has 3 fully saturated rings. The van der Waals surface area contributed by atoms with Crippen molar-refractivity contribution in [3.63, 3.8) is 0 Å². The summed E-state index contributed by atoms with van der Waals surface area (Å²) in [5.41, 5.74) is 2.00. The van der Waals surface area contributed by atoms with Gasteiger partial charge in [0.05, 0.1) is 30.2 Å². The molecule has 1 saturated carbocycles. The van der Waals surface area contributed by atoms with E-state index in [4.69, 9.17) is 14.5 Å². The van der Waals surface area contributed by atoms with E-state index in [1.54, 1.807) is 0 Å². The molecule has 1 N–H and O–H groups in total. The van der Waals surface area contributed by atoms with Crippen molar-refractivity contribution in [3.8, 4) is 5.88 Å². The third-order valence-corrected chi connectivity index (χ3v) is 4.68. The zero-order valence-electron chi connectivity index (χ0n) is 13.5. The number of hydrogen-bond acceptors (Lipinski definition) is 5. The standard InChI is InChI=1S/C16H22N4O2/c1-10(2)22-14-13-18-11(5-20(13)6-12(17-4)19-14)16-7-15(3,8-16)21-9-16/h5-6,10,17H,7-9H2,1-4H3. The number of hydrogen-bond donors (Lipinski definition) is 1. The second-order valence-electron chi connectivity index (χ2n) is 7.08. The summed E-state index contributed by atoms with van der Waals surface area (Å²) < 4.78 is 13.8. The number of nitrogens with one attached hydrogen (secondary N) is 1. The first-order chi connectivity index (χ1) is 10.4. The molecular weight excluding hydrogens is 280 g/mol. The summed E-state index contributed by atoms with van der Waals surface area (Å²) in [5.74, 6) is 1.34. The van der Waals surface area contributed by atoms with Crippen LogP contribution in [-0.4, -0.2) is 39.7 Å². The van der Waals surface area contributed by atoms with Crippen molar-refractivity contribution in [2.24, 2.45) is 0 Å². The molecule has 0 unspecified atom stereocenters. The Bertz CT molecular complexity index is 731. The fourth-order valence-corrected chi connectivity index (χ4v) is 3.80. The summed E-state index contributed by atoms with van der Waals surface area (Å²) in [4.78, 5) is 9.33. The van der Waals surface area contributed by atoms with Crippen molar-refractivity contribution in [3.05, 3.63) is 18.1 Å². The molecule has 5 rings (SSSR count). The Morgan fingerprint density at radius 3 is 2.68 bits per heavy atom. The molecule has 6 heteroatoms. The third-order valence-electron chi connectivity index (χ3n) is 4.68. The fourth-order valence-electron chi connectivity index (χ4n) is 3.80. The SMILES string of the molecule is CNc1cn2cc(C34COC(C)(C3)C4)nc2c(OC(C)C)n1. The normalized spacial score (nSPS) is 29.9. The lowest BCUT2D eigenvalue weighted by Crippen LogP contribution is -2.45. The Balaban J connectivity index is 1.80. The van der Waals surface area contributed by atoms with Crippen LogP contribution in [0.4, 0.5) is 5.82 Å². The molecule has 118 valence electrons. The Morgan fingerprint density at radius 2 is 2.09 bits per heavy atom. The molecule has 0 spiro atoms. The van der Waals surface area contributed by atoms with Gasteiger partial charge in [-0.15, -0.1) is 0 Å². The van der Waals surface area contributed by atoms with E-state index in [9.17, 15) is 0 Å². The zero-order chi connectivity index (χ0) is 15.5. The number of rotatable bonds is 4. The van der Waals surface area contributed by atoms with E-state index in [0.717, 1.165) is 36.6 Å². The number of anilines is 1. The number of ether oxygens (including phenoxy) is 2. The van der Waals surface area contributed by atoms with Gasteiger partial charge >= 0.3 is 0 Å². The summed E-state index contributed by atoms with van der Waals surface area (Å²) in [6.07, 6.45) is 6.21. The Kier molecular flexibility index (Phi) is 2.73. The highest BCUT2D eigenvalue weighted by Gasteiger charge is 2.61. The minimum atomic E-state index is 0.0570. The summed E-state index contributed by atoms with van der Waals surface area (Å²) in [6, 6.07) is 0. The Morgan fingerprint density at radius 1 is 1.32 bits per heavy atom. The van der Waals surface area contributed by atoms with Gasteiger partial charge in [-0.1, -0.05) is 0 Å². The highest BCUT2D eigenvalue weighted by Crippen LogP contribution is 2.58. The van der Waals surface area contributed by atoms with E-state index in [0.29, 0.717) is 5.88 Å². The largest absolute Gasteiger partial charge is 0.472 e. The van der Waals surface area contributed by atoms with Gasteiger partial charge in [0.25, 0.3) is 5.88 Å². The van der Waals surface area contributed by atoms with Gasteiger partial charge in [-0.2, -0.15) is 4.98 Å². The summed E-state index contributed by atoms with van der Waals surface area (Å²) in [6.45, 7) is 6.94. The maximum Gasteiger partial charge on any atom is 0.260 e. The molecule has 2 aromatic heterocycles. The second-order valence-corrected chi connectivity index (χ2v) is 7.08. The molecule has 0 aromatic carbocycles. The van der Waals surface area contributed by atoms with Crippen LogP contribution in [0.1, 0.15) is 39.3 Å².